The molecule has 0 spiro atoms. The van der Waals surface area contributed by atoms with Gasteiger partial charge in [-0.2, -0.15) is 0 Å². The fraction of sp³-hybridized carbons (Fsp3) is 0.250. The lowest BCUT2D eigenvalue weighted by atomic mass is 10.3. The fourth-order valence-corrected chi connectivity index (χ4v) is 1.54. The topological polar surface area (TPSA) is 75.8 Å². The highest BCUT2D eigenvalue weighted by molar-refractivity contribution is 5.20. The van der Waals surface area contributed by atoms with Crippen LogP contribution >= 0.6 is 0 Å². The monoisotopic (exact) mass is 243 g/mol. The molecule has 0 bridgehead atoms. The zero-order valence-corrected chi connectivity index (χ0v) is 9.75. The predicted molar refractivity (Wildman–Crippen MR) is 67.1 cm³/mol. The van der Waals surface area contributed by atoms with Crippen LogP contribution in [0.25, 0.3) is 10.4 Å². The lowest BCUT2D eigenvalue weighted by molar-refractivity contribution is 0.275. The van der Waals surface area contributed by atoms with E-state index in [1.807, 2.05) is 41.1 Å². The van der Waals surface area contributed by atoms with Crippen LogP contribution in [0.4, 0.5) is 0 Å². The maximum absolute atomic E-state index is 8.54. The van der Waals surface area contributed by atoms with E-state index in [2.05, 4.69) is 15.0 Å². The summed E-state index contributed by atoms with van der Waals surface area (Å²) in [4.78, 5) is 6.78. The van der Waals surface area contributed by atoms with Crippen LogP contribution < -0.4 is 4.74 Å². The van der Waals surface area contributed by atoms with Gasteiger partial charge in [-0.1, -0.05) is 23.3 Å². The Morgan fingerprint density at radius 1 is 1.39 bits per heavy atom. The third kappa shape index (κ3) is 3.54. The van der Waals surface area contributed by atoms with E-state index in [4.69, 9.17) is 10.3 Å². The molecular weight excluding hydrogens is 230 g/mol. The number of nitrogens with zero attached hydrogens (tertiary/aromatic N) is 5. The smallest absolute Gasteiger partial charge is 0.119 e. The van der Waals surface area contributed by atoms with E-state index in [9.17, 15) is 0 Å². The number of aromatic nitrogens is 2. The molecule has 0 unspecified atom stereocenters. The number of benzene rings is 1. The number of hydrogen-bond donors (Lipinski definition) is 0. The molecule has 92 valence electrons. The maximum atomic E-state index is 8.54. The van der Waals surface area contributed by atoms with Crippen molar-refractivity contribution in [1.82, 2.24) is 9.55 Å². The van der Waals surface area contributed by atoms with Gasteiger partial charge in [-0.05, 0) is 17.7 Å². The quantitative estimate of drug-likeness (QED) is 0.444. The minimum atomic E-state index is -0.260. The third-order valence-corrected chi connectivity index (χ3v) is 2.38. The molecule has 0 amide bonds. The summed E-state index contributed by atoms with van der Waals surface area (Å²) in [5.41, 5.74) is 8.54. The van der Waals surface area contributed by atoms with Gasteiger partial charge in [-0.3, -0.25) is 0 Å². The van der Waals surface area contributed by atoms with Crippen LogP contribution in [0.15, 0.2) is 54.2 Å². The number of ether oxygens (including phenoxy) is 1. The molecule has 0 aliphatic carbocycles. The van der Waals surface area contributed by atoms with Crippen LogP contribution in [-0.4, -0.2) is 22.2 Å². The molecule has 0 N–H and O–H groups in total. The highest BCUT2D eigenvalue weighted by Gasteiger charge is 2.08. The number of hydrogen-bond acceptors (Lipinski definition) is 3. The van der Waals surface area contributed by atoms with E-state index in [1.54, 1.807) is 12.5 Å². The summed E-state index contributed by atoms with van der Waals surface area (Å²) >= 11 is 0. The Balaban J connectivity index is 1.92. The van der Waals surface area contributed by atoms with Gasteiger partial charge < -0.3 is 9.30 Å². The SMILES string of the molecule is [N-]=[N+]=N[C@@H](COc1ccccc1)Cn1ccnc1. The van der Waals surface area contributed by atoms with E-state index < -0.39 is 0 Å². The van der Waals surface area contributed by atoms with Crippen LogP contribution in [0.2, 0.25) is 0 Å². The Morgan fingerprint density at radius 3 is 2.89 bits per heavy atom. The van der Waals surface area contributed by atoms with Crippen LogP contribution in [-0.2, 0) is 6.54 Å². The zero-order chi connectivity index (χ0) is 12.6. The van der Waals surface area contributed by atoms with E-state index in [1.165, 1.54) is 0 Å². The molecule has 6 nitrogen and oxygen atoms in total. The number of para-hydroxylation sites is 1. The third-order valence-electron chi connectivity index (χ3n) is 2.38. The lowest BCUT2D eigenvalue weighted by Gasteiger charge is -2.13. The molecule has 2 rings (SSSR count). The van der Waals surface area contributed by atoms with Crippen molar-refractivity contribution in [2.24, 2.45) is 5.11 Å². The number of imidazole rings is 1. The summed E-state index contributed by atoms with van der Waals surface area (Å²) in [6.07, 6.45) is 5.19. The van der Waals surface area contributed by atoms with Crippen LogP contribution in [0.1, 0.15) is 0 Å². The first-order valence-corrected chi connectivity index (χ1v) is 5.56. The van der Waals surface area contributed by atoms with E-state index in [-0.39, 0.29) is 6.04 Å². The summed E-state index contributed by atoms with van der Waals surface area (Å²) < 4.78 is 7.43. The van der Waals surface area contributed by atoms with Crippen molar-refractivity contribution in [1.29, 1.82) is 0 Å². The van der Waals surface area contributed by atoms with Crippen molar-refractivity contribution >= 4 is 0 Å². The summed E-state index contributed by atoms with van der Waals surface area (Å²) in [6.45, 7) is 0.892. The molecule has 0 fully saturated rings. The van der Waals surface area contributed by atoms with Crippen LogP contribution in [0.5, 0.6) is 5.75 Å². The molecule has 0 aliphatic heterocycles. The van der Waals surface area contributed by atoms with Crippen molar-refractivity contribution in [3.05, 3.63) is 59.5 Å². The highest BCUT2D eigenvalue weighted by Crippen LogP contribution is 2.10. The molecule has 0 saturated heterocycles. The Bertz CT molecular complexity index is 505. The molecule has 0 saturated carbocycles. The summed E-state index contributed by atoms with van der Waals surface area (Å²) in [5, 5.41) is 3.72. The Kier molecular flexibility index (Phi) is 4.22. The molecular formula is C12H13N5O. The highest BCUT2D eigenvalue weighted by atomic mass is 16.5. The summed E-state index contributed by atoms with van der Waals surface area (Å²) in [5.74, 6) is 0.765. The second-order valence-corrected chi connectivity index (χ2v) is 3.74. The van der Waals surface area contributed by atoms with E-state index in [0.717, 1.165) is 5.75 Å². The molecule has 6 heteroatoms. The average Bonchev–Trinajstić information content (AvgIpc) is 2.90. The van der Waals surface area contributed by atoms with Gasteiger partial charge in [0.25, 0.3) is 0 Å². The van der Waals surface area contributed by atoms with Crippen LogP contribution in [0, 0.1) is 0 Å². The Morgan fingerprint density at radius 2 is 2.22 bits per heavy atom. The largest absolute Gasteiger partial charge is 0.493 e. The standard InChI is InChI=1S/C12H13N5O/c13-16-15-11(8-17-7-6-14-10-17)9-18-12-4-2-1-3-5-12/h1-7,10-11H,8-9H2/t11-/m1/s1. The van der Waals surface area contributed by atoms with Crippen molar-refractivity contribution < 1.29 is 4.74 Å². The molecule has 18 heavy (non-hydrogen) atoms. The maximum Gasteiger partial charge on any atom is 0.119 e. The van der Waals surface area contributed by atoms with Crippen molar-refractivity contribution in [2.45, 2.75) is 12.6 Å². The molecule has 1 aromatic carbocycles. The number of rotatable bonds is 6. The fourth-order valence-electron chi connectivity index (χ4n) is 1.54. The van der Waals surface area contributed by atoms with Gasteiger partial charge in [-0.15, -0.1) is 0 Å². The van der Waals surface area contributed by atoms with Gasteiger partial charge in [0.05, 0.1) is 19.0 Å². The summed E-state index contributed by atoms with van der Waals surface area (Å²) in [7, 11) is 0. The van der Waals surface area contributed by atoms with Crippen LogP contribution in [0.3, 0.4) is 0 Å². The van der Waals surface area contributed by atoms with Gasteiger partial charge in [0.15, 0.2) is 0 Å². The Hall–Kier alpha value is -2.46. The average molecular weight is 243 g/mol. The second-order valence-electron chi connectivity index (χ2n) is 3.74. The zero-order valence-electron chi connectivity index (χ0n) is 9.75. The minimum Gasteiger partial charge on any atom is -0.493 e. The molecule has 0 aliphatic rings. The predicted octanol–water partition coefficient (Wildman–Crippen LogP) is 2.64. The van der Waals surface area contributed by atoms with Gasteiger partial charge in [-0.25, -0.2) is 4.98 Å². The summed E-state index contributed by atoms with van der Waals surface area (Å²) in [6, 6.07) is 9.18. The first-order chi connectivity index (χ1) is 8.88. The lowest BCUT2D eigenvalue weighted by Crippen LogP contribution is -2.21. The van der Waals surface area contributed by atoms with Crippen molar-refractivity contribution in [3.63, 3.8) is 0 Å². The molecule has 2 aromatic rings. The second kappa shape index (κ2) is 6.32. The first kappa shape index (κ1) is 12.0. The Labute approximate surface area is 104 Å². The molecule has 0 radical (unpaired) electrons. The van der Waals surface area contributed by atoms with Crippen molar-refractivity contribution in [2.75, 3.05) is 6.61 Å². The molecule has 1 heterocycles. The van der Waals surface area contributed by atoms with E-state index in [0.29, 0.717) is 13.2 Å². The van der Waals surface area contributed by atoms with E-state index >= 15 is 0 Å². The van der Waals surface area contributed by atoms with Gasteiger partial charge in [0.1, 0.15) is 5.75 Å². The minimum absolute atomic E-state index is 0.260. The van der Waals surface area contributed by atoms with Gasteiger partial charge >= 0.3 is 0 Å². The molecule has 1 aromatic heterocycles. The van der Waals surface area contributed by atoms with Crippen molar-refractivity contribution in [3.8, 4) is 5.75 Å². The number of azide groups is 1. The van der Waals surface area contributed by atoms with Gasteiger partial charge in [0.2, 0.25) is 0 Å². The molecule has 1 atom stereocenters. The first-order valence-electron chi connectivity index (χ1n) is 5.56. The normalized spacial score (nSPS) is 11.6. The van der Waals surface area contributed by atoms with Gasteiger partial charge in [0, 0.05) is 23.9 Å².